The lowest BCUT2D eigenvalue weighted by molar-refractivity contribution is -0.122. The Bertz CT molecular complexity index is 921. The van der Waals surface area contributed by atoms with Gasteiger partial charge >= 0.3 is 0 Å². The van der Waals surface area contributed by atoms with Crippen molar-refractivity contribution in [3.8, 4) is 0 Å². The molecule has 1 N–H and O–H groups in total. The zero-order valence-electron chi connectivity index (χ0n) is 16.8. The first kappa shape index (κ1) is 21.0. The Balaban J connectivity index is 2.27. The summed E-state index contributed by atoms with van der Waals surface area (Å²) < 4.78 is 25.9. The maximum atomic E-state index is 12.8. The maximum absolute atomic E-state index is 12.8. The molecule has 0 fully saturated rings. The zero-order chi connectivity index (χ0) is 20.4. The molecule has 0 aliphatic carbocycles. The molecular weight excluding hydrogens is 360 g/mol. The van der Waals surface area contributed by atoms with Gasteiger partial charge in [-0.3, -0.25) is 9.10 Å². The van der Waals surface area contributed by atoms with Gasteiger partial charge in [-0.2, -0.15) is 0 Å². The molecule has 0 unspecified atom stereocenters. The van der Waals surface area contributed by atoms with Crippen LogP contribution in [0.4, 0.5) is 5.69 Å². The monoisotopic (exact) mass is 388 g/mol. The van der Waals surface area contributed by atoms with Gasteiger partial charge in [-0.1, -0.05) is 41.5 Å². The number of aryl methyl sites for hydroxylation is 3. The number of nitrogens with zero attached hydrogens (tertiary/aromatic N) is 1. The van der Waals surface area contributed by atoms with E-state index in [0.717, 1.165) is 32.8 Å². The van der Waals surface area contributed by atoms with Crippen LogP contribution < -0.4 is 9.62 Å². The molecule has 146 valence electrons. The van der Waals surface area contributed by atoms with Gasteiger partial charge in [0.05, 0.1) is 18.0 Å². The van der Waals surface area contributed by atoms with Crippen molar-refractivity contribution in [2.45, 2.75) is 46.7 Å². The van der Waals surface area contributed by atoms with E-state index < -0.39 is 16.1 Å². The third kappa shape index (κ3) is 5.10. The summed E-state index contributed by atoms with van der Waals surface area (Å²) in [7, 11) is -3.62. The first-order valence-corrected chi connectivity index (χ1v) is 10.8. The van der Waals surface area contributed by atoms with Gasteiger partial charge in [-0.05, 0) is 57.9 Å². The molecule has 0 aliphatic rings. The van der Waals surface area contributed by atoms with Gasteiger partial charge in [0.15, 0.2) is 0 Å². The smallest absolute Gasteiger partial charge is 0.244 e. The van der Waals surface area contributed by atoms with Crippen LogP contribution in [0.15, 0.2) is 42.5 Å². The summed E-state index contributed by atoms with van der Waals surface area (Å²) in [6.07, 6.45) is 1.12. The van der Waals surface area contributed by atoms with Crippen molar-refractivity contribution >= 4 is 21.6 Å². The van der Waals surface area contributed by atoms with Gasteiger partial charge in [0.2, 0.25) is 15.9 Å². The van der Waals surface area contributed by atoms with Crippen molar-refractivity contribution in [2.75, 3.05) is 10.6 Å². The van der Waals surface area contributed by atoms with Crippen LogP contribution in [0.3, 0.4) is 0 Å². The molecule has 1 amide bonds. The number of carbonyl (C=O) groups excluding carboxylic acids is 1. The summed E-state index contributed by atoms with van der Waals surface area (Å²) in [6.45, 7) is 9.44. The van der Waals surface area contributed by atoms with Crippen molar-refractivity contribution in [3.63, 3.8) is 0 Å². The molecule has 2 atom stereocenters. The molecule has 0 saturated heterocycles. The Labute approximate surface area is 162 Å². The Morgan fingerprint density at radius 1 is 0.963 bits per heavy atom. The molecule has 2 aromatic rings. The lowest BCUT2D eigenvalue weighted by Crippen LogP contribution is -2.48. The van der Waals surface area contributed by atoms with Crippen LogP contribution in [-0.4, -0.2) is 26.6 Å². The second-order valence-electron chi connectivity index (χ2n) is 7.16. The van der Waals surface area contributed by atoms with Gasteiger partial charge in [0.1, 0.15) is 6.04 Å². The number of nitrogens with one attached hydrogen (secondary N) is 1. The first-order valence-electron chi connectivity index (χ1n) is 8.94. The Hall–Kier alpha value is -2.34. The van der Waals surface area contributed by atoms with E-state index in [1.165, 1.54) is 0 Å². The highest BCUT2D eigenvalue weighted by Crippen LogP contribution is 2.23. The van der Waals surface area contributed by atoms with Crippen molar-refractivity contribution in [3.05, 3.63) is 64.7 Å². The maximum Gasteiger partial charge on any atom is 0.244 e. The highest BCUT2D eigenvalue weighted by atomic mass is 32.2. The Morgan fingerprint density at radius 3 is 2.07 bits per heavy atom. The Morgan fingerprint density at radius 2 is 1.52 bits per heavy atom. The predicted octanol–water partition coefficient (Wildman–Crippen LogP) is 3.64. The van der Waals surface area contributed by atoms with Crippen LogP contribution in [0.25, 0.3) is 0 Å². The van der Waals surface area contributed by atoms with E-state index in [1.807, 2.05) is 58.0 Å². The van der Waals surface area contributed by atoms with Gasteiger partial charge in [0.25, 0.3) is 0 Å². The van der Waals surface area contributed by atoms with E-state index in [-0.39, 0.29) is 11.9 Å². The number of rotatable bonds is 6. The molecule has 0 saturated carbocycles. The van der Waals surface area contributed by atoms with Gasteiger partial charge < -0.3 is 5.32 Å². The van der Waals surface area contributed by atoms with Crippen molar-refractivity contribution < 1.29 is 13.2 Å². The fraction of sp³-hybridized carbons (Fsp3) is 0.381. The normalized spacial score (nSPS) is 13.7. The van der Waals surface area contributed by atoms with Crippen LogP contribution in [0, 0.1) is 20.8 Å². The lowest BCUT2D eigenvalue weighted by Gasteiger charge is -2.29. The summed E-state index contributed by atoms with van der Waals surface area (Å²) in [5.74, 6) is -0.339. The molecule has 0 spiro atoms. The van der Waals surface area contributed by atoms with Crippen LogP contribution >= 0.6 is 0 Å². The molecule has 5 nitrogen and oxygen atoms in total. The van der Waals surface area contributed by atoms with Gasteiger partial charge in [-0.25, -0.2) is 8.42 Å². The minimum absolute atomic E-state index is 0.223. The average molecular weight is 389 g/mol. The number of benzene rings is 2. The van der Waals surface area contributed by atoms with Crippen LogP contribution in [0.2, 0.25) is 0 Å². The second-order valence-corrected chi connectivity index (χ2v) is 9.02. The predicted molar refractivity (Wildman–Crippen MR) is 110 cm³/mol. The second kappa shape index (κ2) is 8.13. The molecule has 2 aromatic carbocycles. The van der Waals surface area contributed by atoms with E-state index in [9.17, 15) is 13.2 Å². The summed E-state index contributed by atoms with van der Waals surface area (Å²) in [4.78, 5) is 12.8. The number of hydrogen-bond acceptors (Lipinski definition) is 3. The number of hydrogen-bond donors (Lipinski definition) is 1. The fourth-order valence-electron chi connectivity index (χ4n) is 3.14. The number of amides is 1. The first-order chi connectivity index (χ1) is 12.5. The molecule has 0 aromatic heterocycles. The minimum Gasteiger partial charge on any atom is -0.348 e. The average Bonchev–Trinajstić information content (AvgIpc) is 2.57. The molecule has 27 heavy (non-hydrogen) atoms. The summed E-state index contributed by atoms with van der Waals surface area (Å²) in [6, 6.07) is 12.1. The van der Waals surface area contributed by atoms with E-state index in [4.69, 9.17) is 0 Å². The standard InChI is InChI=1S/C21H28N2O3S/c1-14-8-11-19(12-9-14)23(27(6,25)26)18(5)21(24)22-17(4)20-13-15(2)7-10-16(20)3/h7-13,17-18H,1-6H3,(H,22,24)/t17-,18+/m0/s1. The molecule has 6 heteroatoms. The summed E-state index contributed by atoms with van der Waals surface area (Å²) >= 11 is 0. The third-order valence-corrected chi connectivity index (χ3v) is 5.88. The number of carbonyl (C=O) groups is 1. The van der Waals surface area contributed by atoms with Crippen molar-refractivity contribution in [1.29, 1.82) is 0 Å². The molecular formula is C21H28N2O3S. The summed E-state index contributed by atoms with van der Waals surface area (Å²) in [5.41, 5.74) is 4.72. The van der Waals surface area contributed by atoms with Crippen LogP contribution in [0.5, 0.6) is 0 Å². The topological polar surface area (TPSA) is 66.5 Å². The fourth-order valence-corrected chi connectivity index (χ4v) is 4.31. The van der Waals surface area contributed by atoms with Crippen molar-refractivity contribution in [2.24, 2.45) is 0 Å². The number of anilines is 1. The van der Waals surface area contributed by atoms with Crippen molar-refractivity contribution in [1.82, 2.24) is 5.32 Å². The lowest BCUT2D eigenvalue weighted by atomic mass is 10.00. The van der Waals surface area contributed by atoms with E-state index in [0.29, 0.717) is 5.69 Å². The molecule has 2 rings (SSSR count). The minimum atomic E-state index is -3.62. The van der Waals surface area contributed by atoms with Crippen LogP contribution in [-0.2, 0) is 14.8 Å². The SMILES string of the molecule is Cc1ccc(N([C@H](C)C(=O)N[C@@H](C)c2cc(C)ccc2C)S(C)(=O)=O)cc1. The van der Waals surface area contributed by atoms with Gasteiger partial charge in [0, 0.05) is 0 Å². The molecule has 0 radical (unpaired) electrons. The van der Waals surface area contributed by atoms with E-state index >= 15 is 0 Å². The quantitative estimate of drug-likeness (QED) is 0.821. The highest BCUT2D eigenvalue weighted by Gasteiger charge is 2.30. The van der Waals surface area contributed by atoms with E-state index in [1.54, 1.807) is 19.1 Å². The molecule has 0 bridgehead atoms. The molecule has 0 aliphatic heterocycles. The van der Waals surface area contributed by atoms with E-state index in [2.05, 4.69) is 5.32 Å². The Kier molecular flexibility index (Phi) is 6.31. The van der Waals surface area contributed by atoms with Crippen LogP contribution in [0.1, 0.15) is 42.1 Å². The third-order valence-electron chi connectivity index (χ3n) is 4.64. The largest absolute Gasteiger partial charge is 0.348 e. The number of sulfonamides is 1. The van der Waals surface area contributed by atoms with Gasteiger partial charge in [-0.15, -0.1) is 0 Å². The molecule has 0 heterocycles. The highest BCUT2D eigenvalue weighted by molar-refractivity contribution is 7.92. The summed E-state index contributed by atoms with van der Waals surface area (Å²) in [5, 5.41) is 2.95. The zero-order valence-corrected chi connectivity index (χ0v) is 17.6.